The first kappa shape index (κ1) is 25.7. The Kier molecular flexibility index (Phi) is 7.67. The highest BCUT2D eigenvalue weighted by molar-refractivity contribution is 7.89. The zero-order valence-electron chi connectivity index (χ0n) is 19.9. The van der Waals surface area contributed by atoms with Gasteiger partial charge in [0.2, 0.25) is 10.0 Å². The molecule has 1 aromatic carbocycles. The number of amides is 1. The average molecular weight is 494 g/mol. The Morgan fingerprint density at radius 3 is 2.59 bits per heavy atom. The van der Waals surface area contributed by atoms with Crippen LogP contribution in [0.2, 0.25) is 0 Å². The Labute approximate surface area is 198 Å². The molecule has 2 heterocycles. The molecular formula is C23H31N3O7S. The second-order valence-electron chi connectivity index (χ2n) is 9.20. The van der Waals surface area contributed by atoms with Crippen LogP contribution in [0.4, 0.5) is 4.79 Å². The van der Waals surface area contributed by atoms with Crippen LogP contribution < -0.4 is 10.9 Å². The molecule has 0 saturated carbocycles. The number of hydrogen-bond acceptors (Lipinski definition) is 7. The van der Waals surface area contributed by atoms with E-state index >= 15 is 0 Å². The van der Waals surface area contributed by atoms with Crippen molar-refractivity contribution in [2.24, 2.45) is 0 Å². The minimum Gasteiger partial charge on any atom is -0.444 e. The van der Waals surface area contributed by atoms with Crippen LogP contribution in [0.25, 0.3) is 10.8 Å². The summed E-state index contributed by atoms with van der Waals surface area (Å²) in [5, 5.41) is 3.20. The maximum atomic E-state index is 13.4. The van der Waals surface area contributed by atoms with Crippen LogP contribution in [0.1, 0.15) is 47.0 Å². The molecule has 0 radical (unpaired) electrons. The van der Waals surface area contributed by atoms with Crippen molar-refractivity contribution < 1.29 is 27.5 Å². The van der Waals surface area contributed by atoms with Gasteiger partial charge in [-0.25, -0.2) is 13.2 Å². The van der Waals surface area contributed by atoms with Crippen LogP contribution in [0.5, 0.6) is 0 Å². The number of ether oxygens (including phenoxy) is 2. The van der Waals surface area contributed by atoms with E-state index in [4.69, 9.17) is 9.47 Å². The Bertz CT molecular complexity index is 1230. The third-order valence-electron chi connectivity index (χ3n) is 5.29. The summed E-state index contributed by atoms with van der Waals surface area (Å²) in [5.41, 5.74) is -1.11. The smallest absolute Gasteiger partial charge is 0.407 e. The van der Waals surface area contributed by atoms with Crippen molar-refractivity contribution in [2.75, 3.05) is 13.1 Å². The van der Waals surface area contributed by atoms with E-state index < -0.39 is 33.2 Å². The molecule has 1 N–H and O–H groups in total. The summed E-state index contributed by atoms with van der Waals surface area (Å²) in [6.45, 7) is 7.19. The number of rotatable bonds is 7. The third-order valence-corrected chi connectivity index (χ3v) is 7.21. The first-order chi connectivity index (χ1) is 15.9. The predicted molar refractivity (Wildman–Crippen MR) is 126 cm³/mol. The number of nitrogens with one attached hydrogen (secondary N) is 1. The molecule has 11 heteroatoms. The zero-order chi connectivity index (χ0) is 25.1. The van der Waals surface area contributed by atoms with Gasteiger partial charge in [-0.2, -0.15) is 4.31 Å². The summed E-state index contributed by atoms with van der Waals surface area (Å²) >= 11 is 0. The molecule has 2 aromatic rings. The van der Waals surface area contributed by atoms with Gasteiger partial charge in [-0.1, -0.05) is 13.0 Å². The molecule has 1 fully saturated rings. The monoisotopic (exact) mass is 493 g/mol. The summed E-state index contributed by atoms with van der Waals surface area (Å²) in [7, 11) is -3.92. The highest BCUT2D eigenvalue weighted by atomic mass is 32.2. The van der Waals surface area contributed by atoms with E-state index in [1.54, 1.807) is 20.8 Å². The molecule has 10 nitrogen and oxygen atoms in total. The molecule has 1 unspecified atom stereocenters. The van der Waals surface area contributed by atoms with Gasteiger partial charge in [0, 0.05) is 42.5 Å². The fourth-order valence-corrected chi connectivity index (χ4v) is 5.42. The van der Waals surface area contributed by atoms with Crippen molar-refractivity contribution >= 4 is 32.9 Å². The molecule has 1 saturated heterocycles. The molecule has 1 amide bonds. The van der Waals surface area contributed by atoms with E-state index in [0.717, 1.165) is 0 Å². The number of carbonyl (C=O) groups excluding carboxylic acids is 2. The fourth-order valence-electron chi connectivity index (χ4n) is 3.71. The number of aromatic nitrogens is 1. The molecule has 0 aliphatic carbocycles. The van der Waals surface area contributed by atoms with Gasteiger partial charge in [0.15, 0.2) is 6.73 Å². The summed E-state index contributed by atoms with van der Waals surface area (Å²) in [6, 6.07) is 5.66. The van der Waals surface area contributed by atoms with Crippen LogP contribution in [0.3, 0.4) is 0 Å². The number of sulfonamides is 1. The van der Waals surface area contributed by atoms with Crippen molar-refractivity contribution in [3.63, 3.8) is 0 Å². The number of nitrogens with zero attached hydrogens (tertiary/aromatic N) is 2. The highest BCUT2D eigenvalue weighted by Crippen LogP contribution is 2.27. The van der Waals surface area contributed by atoms with Gasteiger partial charge in [0.05, 0.1) is 4.90 Å². The number of hydrogen-bond donors (Lipinski definition) is 1. The van der Waals surface area contributed by atoms with Crippen molar-refractivity contribution in [1.82, 2.24) is 14.2 Å². The molecule has 186 valence electrons. The molecule has 1 atom stereocenters. The topological polar surface area (TPSA) is 124 Å². The van der Waals surface area contributed by atoms with E-state index in [9.17, 15) is 22.8 Å². The first-order valence-corrected chi connectivity index (χ1v) is 12.6. The standard InChI is InChI=1S/C23H31N3O7S/c1-5-7-20(27)32-15-25-12-11-17-18(21(25)28)8-6-9-19(17)34(30,31)26-13-10-16(14-26)24-22(29)33-23(2,3)4/h6,8-9,11-12,16H,5,7,10,13-15H2,1-4H3,(H,24,29). The summed E-state index contributed by atoms with van der Waals surface area (Å²) < 4.78 is 39.7. The number of pyridine rings is 1. The fraction of sp³-hybridized carbons (Fsp3) is 0.522. The second kappa shape index (κ2) is 10.1. The molecule has 1 aliphatic heterocycles. The van der Waals surface area contributed by atoms with Gasteiger partial charge < -0.3 is 14.8 Å². The van der Waals surface area contributed by atoms with Crippen molar-refractivity contribution in [3.05, 3.63) is 40.8 Å². The normalized spacial score (nSPS) is 17.0. The molecule has 1 aromatic heterocycles. The quantitative estimate of drug-likeness (QED) is 0.588. The minimum absolute atomic E-state index is 0.00939. The van der Waals surface area contributed by atoms with Crippen molar-refractivity contribution in [3.8, 4) is 0 Å². The van der Waals surface area contributed by atoms with Crippen LogP contribution in [-0.2, 0) is 31.0 Å². The molecule has 34 heavy (non-hydrogen) atoms. The Hall–Kier alpha value is -2.92. The lowest BCUT2D eigenvalue weighted by Crippen LogP contribution is -2.41. The third kappa shape index (κ3) is 5.95. The van der Waals surface area contributed by atoms with Gasteiger partial charge in [-0.05, 0) is 51.8 Å². The van der Waals surface area contributed by atoms with Gasteiger partial charge >= 0.3 is 12.1 Å². The van der Waals surface area contributed by atoms with Crippen LogP contribution in [0.15, 0.2) is 40.2 Å². The summed E-state index contributed by atoms with van der Waals surface area (Å²) in [4.78, 5) is 36.6. The number of benzene rings is 1. The van der Waals surface area contributed by atoms with Crippen LogP contribution in [0, 0.1) is 0 Å². The van der Waals surface area contributed by atoms with Crippen molar-refractivity contribution in [2.45, 2.75) is 70.2 Å². The average Bonchev–Trinajstić information content (AvgIpc) is 3.21. The highest BCUT2D eigenvalue weighted by Gasteiger charge is 2.35. The number of alkyl carbamates (subject to hydrolysis) is 1. The van der Waals surface area contributed by atoms with E-state index in [0.29, 0.717) is 12.8 Å². The maximum absolute atomic E-state index is 13.4. The number of fused-ring (bicyclic) bond motifs is 1. The summed E-state index contributed by atoms with van der Waals surface area (Å²) in [5.74, 6) is -0.408. The van der Waals surface area contributed by atoms with E-state index in [-0.39, 0.29) is 48.0 Å². The Morgan fingerprint density at radius 1 is 1.18 bits per heavy atom. The first-order valence-electron chi connectivity index (χ1n) is 11.2. The van der Waals surface area contributed by atoms with E-state index in [2.05, 4.69) is 5.32 Å². The molecule has 0 spiro atoms. The second-order valence-corrected chi connectivity index (χ2v) is 11.1. The summed E-state index contributed by atoms with van der Waals surface area (Å²) in [6.07, 6.45) is 2.16. The SMILES string of the molecule is CCCC(=O)OCn1ccc2c(S(=O)(=O)N3CCC(NC(=O)OC(C)(C)C)C3)cccc2c1=O. The Morgan fingerprint density at radius 2 is 1.91 bits per heavy atom. The van der Waals surface area contributed by atoms with Crippen LogP contribution in [-0.4, -0.2) is 54.1 Å². The lowest BCUT2D eigenvalue weighted by molar-refractivity contribution is -0.147. The number of esters is 1. The van der Waals surface area contributed by atoms with E-state index in [1.165, 1.54) is 39.3 Å². The largest absolute Gasteiger partial charge is 0.444 e. The lowest BCUT2D eigenvalue weighted by atomic mass is 10.2. The van der Waals surface area contributed by atoms with Crippen LogP contribution >= 0.6 is 0 Å². The van der Waals surface area contributed by atoms with Gasteiger partial charge in [-0.15, -0.1) is 0 Å². The van der Waals surface area contributed by atoms with E-state index in [1.807, 2.05) is 6.92 Å². The predicted octanol–water partition coefficient (Wildman–Crippen LogP) is 2.59. The lowest BCUT2D eigenvalue weighted by Gasteiger charge is -2.22. The molecule has 0 bridgehead atoms. The number of carbonyl (C=O) groups is 2. The molecular weight excluding hydrogens is 462 g/mol. The Balaban J connectivity index is 1.80. The van der Waals surface area contributed by atoms with Gasteiger partial charge in [-0.3, -0.25) is 14.2 Å². The van der Waals surface area contributed by atoms with Gasteiger partial charge in [0.1, 0.15) is 5.60 Å². The van der Waals surface area contributed by atoms with Crippen molar-refractivity contribution in [1.29, 1.82) is 0 Å². The minimum atomic E-state index is -3.92. The maximum Gasteiger partial charge on any atom is 0.407 e. The molecule has 3 rings (SSSR count). The van der Waals surface area contributed by atoms with Gasteiger partial charge in [0.25, 0.3) is 5.56 Å². The molecule has 1 aliphatic rings. The zero-order valence-corrected chi connectivity index (χ0v) is 20.7.